The normalized spacial score (nSPS) is 17.1. The molecule has 0 spiro atoms. The average molecular weight is 422 g/mol. The van der Waals surface area contributed by atoms with E-state index in [4.69, 9.17) is 0 Å². The third-order valence-electron chi connectivity index (χ3n) is 4.62. The Bertz CT molecular complexity index is 956. The van der Waals surface area contributed by atoms with Crippen LogP contribution in [0.15, 0.2) is 30.3 Å². The van der Waals surface area contributed by atoms with Crippen LogP contribution < -0.4 is 5.32 Å². The maximum Gasteiger partial charge on any atom is 0.263 e. The first-order valence-corrected chi connectivity index (χ1v) is 11.7. The number of aryl methyl sites for hydroxylation is 1. The van der Waals surface area contributed by atoms with Gasteiger partial charge in [-0.25, -0.2) is 13.4 Å². The number of nitrogens with one attached hydrogen (secondary N) is 1. The van der Waals surface area contributed by atoms with Crippen molar-refractivity contribution in [1.82, 2.24) is 15.2 Å². The number of sulfone groups is 1. The van der Waals surface area contributed by atoms with Crippen LogP contribution in [0.1, 0.15) is 32.9 Å². The van der Waals surface area contributed by atoms with Gasteiger partial charge in [-0.15, -0.1) is 11.3 Å². The van der Waals surface area contributed by atoms with Crippen molar-refractivity contribution < 1.29 is 18.0 Å². The van der Waals surface area contributed by atoms with E-state index in [2.05, 4.69) is 10.3 Å². The van der Waals surface area contributed by atoms with Crippen molar-refractivity contribution in [3.05, 3.63) is 51.5 Å². The molecule has 1 fully saturated rings. The molecule has 2 amide bonds. The minimum atomic E-state index is -3.06. The molecule has 1 aromatic heterocycles. The van der Waals surface area contributed by atoms with Crippen LogP contribution in [0.3, 0.4) is 0 Å². The van der Waals surface area contributed by atoms with Crippen LogP contribution in [0.4, 0.5) is 0 Å². The Balaban J connectivity index is 1.62. The number of carbonyl (C=O) groups excluding carboxylic acids is 2. The van der Waals surface area contributed by atoms with Gasteiger partial charge in [0, 0.05) is 19.5 Å². The highest BCUT2D eigenvalue weighted by molar-refractivity contribution is 7.91. The Morgan fingerprint density at radius 2 is 1.86 bits per heavy atom. The summed E-state index contributed by atoms with van der Waals surface area (Å²) >= 11 is 1.32. The largest absolute Gasteiger partial charge is 0.340 e. The summed E-state index contributed by atoms with van der Waals surface area (Å²) in [6, 6.07) is 9.16. The van der Waals surface area contributed by atoms with Gasteiger partial charge in [0.2, 0.25) is 5.91 Å². The van der Waals surface area contributed by atoms with Gasteiger partial charge in [-0.2, -0.15) is 0 Å². The summed E-state index contributed by atoms with van der Waals surface area (Å²) in [6.07, 6.45) is 0.649. The second-order valence-electron chi connectivity index (χ2n) is 6.86. The van der Waals surface area contributed by atoms with Gasteiger partial charge in [0.05, 0.1) is 22.2 Å². The molecule has 2 heterocycles. The lowest BCUT2D eigenvalue weighted by Gasteiger charge is -2.29. The molecule has 0 saturated carbocycles. The fraction of sp³-hybridized carbons (Fsp3) is 0.421. The van der Waals surface area contributed by atoms with Gasteiger partial charge in [0.1, 0.15) is 10.9 Å². The smallest absolute Gasteiger partial charge is 0.263 e. The quantitative estimate of drug-likeness (QED) is 0.788. The van der Waals surface area contributed by atoms with Crippen molar-refractivity contribution in [3.8, 4) is 0 Å². The van der Waals surface area contributed by atoms with Crippen molar-refractivity contribution >= 4 is 33.0 Å². The molecule has 150 valence electrons. The van der Waals surface area contributed by atoms with Crippen molar-refractivity contribution in [2.45, 2.75) is 26.3 Å². The molecular weight excluding hydrogens is 398 g/mol. The van der Waals surface area contributed by atoms with Gasteiger partial charge in [0.15, 0.2) is 9.84 Å². The van der Waals surface area contributed by atoms with Gasteiger partial charge in [-0.05, 0) is 19.4 Å². The lowest BCUT2D eigenvalue weighted by molar-refractivity contribution is -0.132. The molecule has 1 atom stereocenters. The van der Waals surface area contributed by atoms with E-state index < -0.39 is 15.9 Å². The highest BCUT2D eigenvalue weighted by Gasteiger charge is 2.29. The van der Waals surface area contributed by atoms with Gasteiger partial charge in [-0.3, -0.25) is 9.59 Å². The summed E-state index contributed by atoms with van der Waals surface area (Å²) in [4.78, 5) is 31.6. The molecule has 9 heteroatoms. The molecule has 0 aliphatic carbocycles. The Morgan fingerprint density at radius 1 is 1.21 bits per heavy atom. The Hall–Kier alpha value is -2.26. The van der Waals surface area contributed by atoms with E-state index in [-0.39, 0.29) is 36.4 Å². The first kappa shape index (κ1) is 20.5. The number of thiazole rings is 1. The number of amides is 2. The van der Waals surface area contributed by atoms with E-state index in [0.29, 0.717) is 17.0 Å². The lowest BCUT2D eigenvalue weighted by atomic mass is 10.2. The zero-order valence-electron chi connectivity index (χ0n) is 15.8. The maximum absolute atomic E-state index is 12.6. The second kappa shape index (κ2) is 8.40. The summed E-state index contributed by atoms with van der Waals surface area (Å²) in [7, 11) is -3.06. The van der Waals surface area contributed by atoms with Gasteiger partial charge < -0.3 is 10.2 Å². The third-order valence-corrected chi connectivity index (χ3v) is 7.38. The Morgan fingerprint density at radius 3 is 2.50 bits per heavy atom. The molecule has 2 aromatic rings. The van der Waals surface area contributed by atoms with Crippen LogP contribution in [-0.4, -0.2) is 60.8 Å². The van der Waals surface area contributed by atoms with Crippen LogP contribution in [0.25, 0.3) is 0 Å². The summed E-state index contributed by atoms with van der Waals surface area (Å²) < 4.78 is 23.0. The monoisotopic (exact) mass is 421 g/mol. The SMILES string of the molecule is Cc1nc(Cc2ccccc2)sc1C(=O)NC(C)C(=O)N1CCS(=O)(=O)CC1. The van der Waals surface area contributed by atoms with E-state index in [0.717, 1.165) is 10.6 Å². The van der Waals surface area contributed by atoms with E-state index in [9.17, 15) is 18.0 Å². The van der Waals surface area contributed by atoms with Crippen molar-refractivity contribution in [1.29, 1.82) is 0 Å². The number of carbonyl (C=O) groups is 2. The molecule has 28 heavy (non-hydrogen) atoms. The standard InChI is InChI=1S/C19H23N3O4S2/c1-13-17(27-16(20-13)12-15-6-4-3-5-7-15)18(23)21-14(2)19(24)22-8-10-28(25,26)11-9-22/h3-7,14H,8-12H2,1-2H3,(H,21,23). The van der Waals surface area contributed by atoms with Crippen LogP contribution >= 0.6 is 11.3 Å². The number of rotatable bonds is 5. The van der Waals surface area contributed by atoms with Gasteiger partial charge >= 0.3 is 0 Å². The molecule has 1 aliphatic rings. The van der Waals surface area contributed by atoms with Gasteiger partial charge in [0.25, 0.3) is 5.91 Å². The zero-order chi connectivity index (χ0) is 20.3. The highest BCUT2D eigenvalue weighted by Crippen LogP contribution is 2.21. The Kier molecular flexibility index (Phi) is 6.14. The highest BCUT2D eigenvalue weighted by atomic mass is 32.2. The van der Waals surface area contributed by atoms with Crippen LogP contribution in [0.2, 0.25) is 0 Å². The van der Waals surface area contributed by atoms with E-state index >= 15 is 0 Å². The number of aromatic nitrogens is 1. The minimum absolute atomic E-state index is 0.0315. The average Bonchev–Trinajstić information content (AvgIpc) is 3.02. The fourth-order valence-electron chi connectivity index (χ4n) is 3.04. The molecule has 1 aromatic carbocycles. The molecule has 0 bridgehead atoms. The molecule has 1 N–H and O–H groups in total. The predicted molar refractivity (Wildman–Crippen MR) is 108 cm³/mol. The summed E-state index contributed by atoms with van der Waals surface area (Å²) in [6.45, 7) is 3.73. The number of nitrogens with zero attached hydrogens (tertiary/aromatic N) is 2. The predicted octanol–water partition coefficient (Wildman–Crippen LogP) is 1.42. The van der Waals surface area contributed by atoms with Crippen LogP contribution in [0, 0.1) is 6.92 Å². The van der Waals surface area contributed by atoms with Crippen LogP contribution in [0.5, 0.6) is 0 Å². The van der Waals surface area contributed by atoms with Crippen molar-refractivity contribution in [2.24, 2.45) is 0 Å². The van der Waals surface area contributed by atoms with Crippen LogP contribution in [-0.2, 0) is 21.1 Å². The van der Waals surface area contributed by atoms with E-state index in [1.54, 1.807) is 13.8 Å². The molecule has 1 aliphatic heterocycles. The lowest BCUT2D eigenvalue weighted by Crippen LogP contribution is -2.51. The minimum Gasteiger partial charge on any atom is -0.340 e. The molecule has 1 saturated heterocycles. The van der Waals surface area contributed by atoms with Gasteiger partial charge in [-0.1, -0.05) is 30.3 Å². The fourth-order valence-corrected chi connectivity index (χ4v) is 5.24. The molecule has 1 unspecified atom stereocenters. The number of hydrogen-bond donors (Lipinski definition) is 1. The molecule has 7 nitrogen and oxygen atoms in total. The summed E-state index contributed by atoms with van der Waals surface area (Å²) in [5.41, 5.74) is 1.75. The number of hydrogen-bond acceptors (Lipinski definition) is 6. The first-order chi connectivity index (χ1) is 13.2. The first-order valence-electron chi connectivity index (χ1n) is 9.05. The topological polar surface area (TPSA) is 96.4 Å². The molecular formula is C19H23N3O4S2. The zero-order valence-corrected chi connectivity index (χ0v) is 17.5. The number of benzene rings is 1. The van der Waals surface area contributed by atoms with E-state index in [1.165, 1.54) is 16.2 Å². The maximum atomic E-state index is 12.6. The third kappa shape index (κ3) is 4.96. The second-order valence-corrected chi connectivity index (χ2v) is 10.2. The van der Waals surface area contributed by atoms with E-state index in [1.807, 2.05) is 30.3 Å². The van der Waals surface area contributed by atoms with Crippen molar-refractivity contribution in [3.63, 3.8) is 0 Å². The molecule has 0 radical (unpaired) electrons. The van der Waals surface area contributed by atoms with Crippen molar-refractivity contribution in [2.75, 3.05) is 24.6 Å². The molecule has 3 rings (SSSR count). The summed E-state index contributed by atoms with van der Waals surface area (Å²) in [5, 5.41) is 3.56. The summed E-state index contributed by atoms with van der Waals surface area (Å²) in [5.74, 6) is -0.665. The Labute approximate surface area is 168 Å².